The van der Waals surface area contributed by atoms with Crippen molar-refractivity contribution in [1.82, 2.24) is 20.0 Å². The van der Waals surface area contributed by atoms with Gasteiger partial charge in [-0.3, -0.25) is 0 Å². The average Bonchev–Trinajstić information content (AvgIpc) is 2.95. The van der Waals surface area contributed by atoms with Gasteiger partial charge in [0.05, 0.1) is 11.9 Å². The van der Waals surface area contributed by atoms with E-state index in [4.69, 9.17) is 10.2 Å². The minimum absolute atomic E-state index is 0.332. The van der Waals surface area contributed by atoms with Crippen molar-refractivity contribution >= 4 is 11.1 Å². The SMILES string of the molecule is NCc1cn(Cc2nc3cc(F)ccc3o2)nn1. The molecular formula is C11H10FN5O. The zero-order valence-corrected chi connectivity index (χ0v) is 9.38. The van der Waals surface area contributed by atoms with Gasteiger partial charge in [0, 0.05) is 12.6 Å². The molecule has 2 heterocycles. The van der Waals surface area contributed by atoms with Crippen LogP contribution in [0.2, 0.25) is 0 Å². The second-order valence-electron chi connectivity index (χ2n) is 3.83. The lowest BCUT2D eigenvalue weighted by Gasteiger charge is -1.93. The molecule has 0 spiro atoms. The van der Waals surface area contributed by atoms with E-state index in [1.165, 1.54) is 12.1 Å². The molecule has 2 aromatic heterocycles. The van der Waals surface area contributed by atoms with Crippen LogP contribution in [0.3, 0.4) is 0 Å². The summed E-state index contributed by atoms with van der Waals surface area (Å²) in [5.41, 5.74) is 7.17. The number of hydrogen-bond donors (Lipinski definition) is 1. The van der Waals surface area contributed by atoms with Crippen LogP contribution in [0.25, 0.3) is 11.1 Å². The number of benzene rings is 1. The number of oxazole rings is 1. The van der Waals surface area contributed by atoms with Crippen LogP contribution < -0.4 is 5.73 Å². The van der Waals surface area contributed by atoms with Gasteiger partial charge in [-0.05, 0) is 12.1 Å². The Bertz CT molecular complexity index is 690. The molecule has 1 aromatic carbocycles. The Kier molecular flexibility index (Phi) is 2.52. The molecule has 0 radical (unpaired) electrons. The van der Waals surface area contributed by atoms with Crippen molar-refractivity contribution in [3.05, 3.63) is 41.8 Å². The van der Waals surface area contributed by atoms with Crippen molar-refractivity contribution in [2.24, 2.45) is 5.73 Å². The molecule has 0 unspecified atom stereocenters. The maximum Gasteiger partial charge on any atom is 0.217 e. The summed E-state index contributed by atoms with van der Waals surface area (Å²) in [6.45, 7) is 0.669. The van der Waals surface area contributed by atoms with Crippen molar-refractivity contribution in [2.75, 3.05) is 0 Å². The van der Waals surface area contributed by atoms with E-state index in [2.05, 4.69) is 15.3 Å². The van der Waals surface area contributed by atoms with Crippen LogP contribution in [0, 0.1) is 5.82 Å². The lowest BCUT2D eigenvalue weighted by Crippen LogP contribution is -2.00. The minimum Gasteiger partial charge on any atom is -0.439 e. The number of nitrogens with zero attached hydrogens (tertiary/aromatic N) is 4. The fraction of sp³-hybridized carbons (Fsp3) is 0.182. The standard InChI is InChI=1S/C11H10FN5O/c12-7-1-2-10-9(3-7)14-11(18-10)6-17-5-8(4-13)15-16-17/h1-3,5H,4,6,13H2. The third-order valence-electron chi connectivity index (χ3n) is 2.49. The van der Waals surface area contributed by atoms with E-state index in [-0.39, 0.29) is 5.82 Å². The highest BCUT2D eigenvalue weighted by molar-refractivity contribution is 5.72. The van der Waals surface area contributed by atoms with Crippen molar-refractivity contribution in [2.45, 2.75) is 13.1 Å². The topological polar surface area (TPSA) is 82.8 Å². The number of rotatable bonds is 3. The molecule has 2 N–H and O–H groups in total. The fourth-order valence-corrected chi connectivity index (χ4v) is 1.66. The summed E-state index contributed by atoms with van der Waals surface area (Å²) in [6, 6.07) is 4.21. The van der Waals surface area contributed by atoms with Crippen molar-refractivity contribution in [3.63, 3.8) is 0 Å². The van der Waals surface area contributed by atoms with E-state index in [1.807, 2.05) is 0 Å². The summed E-state index contributed by atoms with van der Waals surface area (Å²) in [4.78, 5) is 4.18. The van der Waals surface area contributed by atoms with Gasteiger partial charge in [-0.2, -0.15) is 0 Å². The Hall–Kier alpha value is -2.28. The lowest BCUT2D eigenvalue weighted by molar-refractivity contribution is 0.485. The third kappa shape index (κ3) is 1.95. The molecule has 7 heteroatoms. The number of aromatic nitrogens is 4. The van der Waals surface area contributed by atoms with E-state index in [0.717, 1.165) is 0 Å². The molecule has 0 bridgehead atoms. The molecule has 0 saturated heterocycles. The molecule has 92 valence electrons. The largest absolute Gasteiger partial charge is 0.439 e. The minimum atomic E-state index is -0.339. The highest BCUT2D eigenvalue weighted by Gasteiger charge is 2.08. The Morgan fingerprint density at radius 3 is 3.06 bits per heavy atom. The average molecular weight is 247 g/mol. The molecule has 0 fully saturated rings. The molecule has 3 aromatic rings. The Balaban J connectivity index is 1.90. The normalized spacial score (nSPS) is 11.2. The molecule has 0 amide bonds. The van der Waals surface area contributed by atoms with Crippen LogP contribution in [-0.4, -0.2) is 20.0 Å². The van der Waals surface area contributed by atoms with E-state index in [0.29, 0.717) is 35.8 Å². The summed E-state index contributed by atoms with van der Waals surface area (Å²) >= 11 is 0. The predicted octanol–water partition coefficient (Wildman–Crippen LogP) is 1.07. The summed E-state index contributed by atoms with van der Waals surface area (Å²) < 4.78 is 20.0. The van der Waals surface area contributed by atoms with Crippen molar-refractivity contribution in [3.8, 4) is 0 Å². The summed E-state index contributed by atoms with van der Waals surface area (Å²) in [6.07, 6.45) is 1.72. The number of hydrogen-bond acceptors (Lipinski definition) is 5. The Morgan fingerprint density at radius 1 is 1.39 bits per heavy atom. The first-order valence-corrected chi connectivity index (χ1v) is 5.38. The van der Waals surface area contributed by atoms with Gasteiger partial charge in [0.2, 0.25) is 5.89 Å². The second kappa shape index (κ2) is 4.19. The van der Waals surface area contributed by atoms with Gasteiger partial charge in [-0.15, -0.1) is 5.10 Å². The number of fused-ring (bicyclic) bond motifs is 1. The van der Waals surface area contributed by atoms with Gasteiger partial charge in [-0.1, -0.05) is 5.21 Å². The number of halogens is 1. The fourth-order valence-electron chi connectivity index (χ4n) is 1.66. The van der Waals surface area contributed by atoms with Crippen LogP contribution in [-0.2, 0) is 13.1 Å². The smallest absolute Gasteiger partial charge is 0.217 e. The summed E-state index contributed by atoms with van der Waals surface area (Å²) in [7, 11) is 0. The van der Waals surface area contributed by atoms with E-state index in [9.17, 15) is 4.39 Å². The first kappa shape index (κ1) is 10.8. The van der Waals surface area contributed by atoms with E-state index >= 15 is 0 Å². The number of nitrogens with two attached hydrogens (primary N) is 1. The van der Waals surface area contributed by atoms with Crippen molar-refractivity contribution in [1.29, 1.82) is 0 Å². The van der Waals surface area contributed by atoms with Gasteiger partial charge in [0.15, 0.2) is 5.58 Å². The van der Waals surface area contributed by atoms with Gasteiger partial charge in [-0.25, -0.2) is 14.1 Å². The Labute approximate surface area is 101 Å². The molecule has 6 nitrogen and oxygen atoms in total. The molecule has 0 aliphatic carbocycles. The summed E-state index contributed by atoms with van der Waals surface area (Å²) in [5, 5.41) is 7.74. The maximum atomic E-state index is 13.0. The van der Waals surface area contributed by atoms with Gasteiger partial charge >= 0.3 is 0 Å². The quantitative estimate of drug-likeness (QED) is 0.748. The molecule has 18 heavy (non-hydrogen) atoms. The van der Waals surface area contributed by atoms with Gasteiger partial charge in [0.25, 0.3) is 0 Å². The van der Waals surface area contributed by atoms with Crippen LogP contribution in [0.1, 0.15) is 11.6 Å². The third-order valence-corrected chi connectivity index (χ3v) is 2.49. The van der Waals surface area contributed by atoms with E-state index in [1.54, 1.807) is 16.9 Å². The highest BCUT2D eigenvalue weighted by Crippen LogP contribution is 2.17. The maximum absolute atomic E-state index is 13.0. The van der Waals surface area contributed by atoms with Crippen LogP contribution in [0.5, 0.6) is 0 Å². The summed E-state index contributed by atoms with van der Waals surface area (Å²) in [5.74, 6) is 0.109. The molecule has 0 aliphatic heterocycles. The zero-order chi connectivity index (χ0) is 12.5. The van der Waals surface area contributed by atoms with E-state index < -0.39 is 0 Å². The second-order valence-corrected chi connectivity index (χ2v) is 3.83. The Morgan fingerprint density at radius 2 is 2.28 bits per heavy atom. The first-order chi connectivity index (χ1) is 8.74. The zero-order valence-electron chi connectivity index (χ0n) is 9.38. The molecular weight excluding hydrogens is 237 g/mol. The van der Waals surface area contributed by atoms with Crippen molar-refractivity contribution < 1.29 is 8.81 Å². The molecule has 0 aliphatic rings. The van der Waals surface area contributed by atoms with Gasteiger partial charge in [0.1, 0.15) is 17.9 Å². The monoisotopic (exact) mass is 247 g/mol. The first-order valence-electron chi connectivity index (χ1n) is 5.38. The van der Waals surface area contributed by atoms with Gasteiger partial charge < -0.3 is 10.2 Å². The molecule has 3 rings (SSSR count). The van der Waals surface area contributed by atoms with Crippen LogP contribution in [0.15, 0.2) is 28.8 Å². The molecule has 0 saturated carbocycles. The highest BCUT2D eigenvalue weighted by atomic mass is 19.1. The molecule has 0 atom stereocenters. The predicted molar refractivity (Wildman–Crippen MR) is 61.0 cm³/mol. The van der Waals surface area contributed by atoms with Crippen LogP contribution in [0.4, 0.5) is 4.39 Å². The van der Waals surface area contributed by atoms with Crippen LogP contribution >= 0.6 is 0 Å². The lowest BCUT2D eigenvalue weighted by atomic mass is 10.3.